The molecule has 0 unspecified atom stereocenters. The van der Waals surface area contributed by atoms with Crippen molar-refractivity contribution in [2.24, 2.45) is 4.99 Å². The number of rotatable bonds is 4. The lowest BCUT2D eigenvalue weighted by atomic mass is 10.2. The standard InChI is InChI=1S/C18H13BrClNO3/c1-2-23-16-8-3-11(9-14(16)19)10-15-18(22)24-17(21-15)12-4-6-13(20)7-5-12/h3-10H,2H2,1H3/b15-10+. The van der Waals surface area contributed by atoms with Crippen molar-refractivity contribution in [2.45, 2.75) is 6.92 Å². The summed E-state index contributed by atoms with van der Waals surface area (Å²) in [6.07, 6.45) is 1.67. The van der Waals surface area contributed by atoms with E-state index in [0.29, 0.717) is 17.2 Å². The third-order valence-corrected chi connectivity index (χ3v) is 4.14. The molecule has 2 aromatic rings. The highest BCUT2D eigenvalue weighted by Gasteiger charge is 2.24. The average Bonchev–Trinajstić information content (AvgIpc) is 2.92. The van der Waals surface area contributed by atoms with Crippen LogP contribution >= 0.6 is 27.5 Å². The molecule has 0 saturated carbocycles. The molecule has 122 valence electrons. The van der Waals surface area contributed by atoms with Crippen LogP contribution in [0.3, 0.4) is 0 Å². The lowest BCUT2D eigenvalue weighted by molar-refractivity contribution is -0.129. The lowest BCUT2D eigenvalue weighted by Gasteiger charge is -2.06. The quantitative estimate of drug-likeness (QED) is 0.539. The topological polar surface area (TPSA) is 47.9 Å². The molecule has 2 aromatic carbocycles. The number of carbonyl (C=O) groups is 1. The Hall–Kier alpha value is -2.11. The van der Waals surface area contributed by atoms with Crippen LogP contribution in [0, 0.1) is 0 Å². The third-order valence-electron chi connectivity index (χ3n) is 3.27. The maximum Gasteiger partial charge on any atom is 0.363 e. The fraction of sp³-hybridized carbons (Fsp3) is 0.111. The molecule has 24 heavy (non-hydrogen) atoms. The molecule has 0 N–H and O–H groups in total. The largest absolute Gasteiger partial charge is 0.493 e. The molecule has 0 bridgehead atoms. The zero-order valence-corrected chi connectivity index (χ0v) is 15.1. The van der Waals surface area contributed by atoms with Crippen LogP contribution in [0.25, 0.3) is 6.08 Å². The van der Waals surface area contributed by atoms with Gasteiger partial charge in [-0.05, 0) is 70.9 Å². The SMILES string of the molecule is CCOc1ccc(/C=C2/N=C(c3ccc(Cl)cc3)OC2=O)cc1Br. The van der Waals surface area contributed by atoms with Crippen molar-refractivity contribution in [1.29, 1.82) is 0 Å². The second kappa shape index (κ2) is 7.20. The van der Waals surface area contributed by atoms with Gasteiger partial charge in [0.05, 0.1) is 11.1 Å². The van der Waals surface area contributed by atoms with Crippen LogP contribution < -0.4 is 4.74 Å². The molecule has 0 aromatic heterocycles. The predicted molar refractivity (Wildman–Crippen MR) is 97.4 cm³/mol. The van der Waals surface area contributed by atoms with Gasteiger partial charge in [-0.25, -0.2) is 9.79 Å². The number of cyclic esters (lactones) is 1. The maximum absolute atomic E-state index is 12.0. The van der Waals surface area contributed by atoms with Gasteiger partial charge in [0.2, 0.25) is 5.90 Å². The normalized spacial score (nSPS) is 15.4. The van der Waals surface area contributed by atoms with E-state index >= 15 is 0 Å². The van der Waals surface area contributed by atoms with Crippen LogP contribution in [0.5, 0.6) is 5.75 Å². The van der Waals surface area contributed by atoms with Gasteiger partial charge in [-0.15, -0.1) is 0 Å². The summed E-state index contributed by atoms with van der Waals surface area (Å²) in [5, 5.41) is 0.610. The summed E-state index contributed by atoms with van der Waals surface area (Å²) >= 11 is 9.31. The van der Waals surface area contributed by atoms with Crippen LogP contribution in [0.2, 0.25) is 5.02 Å². The van der Waals surface area contributed by atoms with E-state index in [0.717, 1.165) is 15.8 Å². The smallest absolute Gasteiger partial charge is 0.363 e. The average molecular weight is 407 g/mol. The molecule has 1 aliphatic rings. The molecule has 0 aliphatic carbocycles. The molecular formula is C18H13BrClNO3. The third kappa shape index (κ3) is 3.68. The number of esters is 1. The van der Waals surface area contributed by atoms with Gasteiger partial charge in [0, 0.05) is 10.6 Å². The first kappa shape index (κ1) is 16.7. The second-order valence-electron chi connectivity index (χ2n) is 4.97. The number of aliphatic imine (C=N–C) groups is 1. The molecule has 1 aliphatic heterocycles. The van der Waals surface area contributed by atoms with E-state index in [4.69, 9.17) is 21.1 Å². The first-order valence-corrected chi connectivity index (χ1v) is 8.45. The number of carbonyl (C=O) groups excluding carboxylic acids is 1. The lowest BCUT2D eigenvalue weighted by Crippen LogP contribution is -2.05. The van der Waals surface area contributed by atoms with Crippen LogP contribution in [0.15, 0.2) is 57.6 Å². The highest BCUT2D eigenvalue weighted by atomic mass is 79.9. The zero-order chi connectivity index (χ0) is 17.1. The summed E-state index contributed by atoms with van der Waals surface area (Å²) in [6.45, 7) is 2.50. The first-order valence-electron chi connectivity index (χ1n) is 7.27. The number of benzene rings is 2. The summed E-state index contributed by atoms with van der Waals surface area (Å²) in [5.41, 5.74) is 1.76. The van der Waals surface area contributed by atoms with Gasteiger partial charge in [-0.1, -0.05) is 17.7 Å². The molecule has 0 fully saturated rings. The monoisotopic (exact) mass is 405 g/mol. The van der Waals surface area contributed by atoms with Gasteiger partial charge in [0.1, 0.15) is 5.75 Å². The van der Waals surface area contributed by atoms with E-state index < -0.39 is 5.97 Å². The van der Waals surface area contributed by atoms with Crippen LogP contribution in [-0.2, 0) is 9.53 Å². The highest BCUT2D eigenvalue weighted by molar-refractivity contribution is 9.10. The van der Waals surface area contributed by atoms with Crippen molar-refractivity contribution in [3.05, 3.63) is 68.8 Å². The van der Waals surface area contributed by atoms with E-state index in [1.807, 2.05) is 25.1 Å². The fourth-order valence-electron chi connectivity index (χ4n) is 2.16. The molecule has 6 heteroatoms. The van der Waals surface area contributed by atoms with E-state index in [1.165, 1.54) is 0 Å². The number of hydrogen-bond acceptors (Lipinski definition) is 4. The van der Waals surface area contributed by atoms with Gasteiger partial charge >= 0.3 is 5.97 Å². The fourth-order valence-corrected chi connectivity index (χ4v) is 2.80. The Morgan fingerprint density at radius 2 is 2.00 bits per heavy atom. The molecule has 3 rings (SSSR count). The van der Waals surface area contributed by atoms with E-state index in [1.54, 1.807) is 30.3 Å². The Kier molecular flexibility index (Phi) is 5.02. The van der Waals surface area contributed by atoms with Crippen molar-refractivity contribution in [2.75, 3.05) is 6.61 Å². The summed E-state index contributed by atoms with van der Waals surface area (Å²) in [5.74, 6) is 0.539. The molecule has 1 heterocycles. The minimum atomic E-state index is -0.482. The van der Waals surface area contributed by atoms with Gasteiger partial charge in [0.25, 0.3) is 0 Å². The van der Waals surface area contributed by atoms with Crippen molar-refractivity contribution in [3.8, 4) is 5.75 Å². The van der Waals surface area contributed by atoms with Crippen molar-refractivity contribution >= 4 is 45.5 Å². The molecule has 0 spiro atoms. The second-order valence-corrected chi connectivity index (χ2v) is 6.26. The minimum absolute atomic E-state index is 0.246. The molecule has 0 radical (unpaired) electrons. The van der Waals surface area contributed by atoms with Crippen molar-refractivity contribution in [3.63, 3.8) is 0 Å². The number of nitrogens with zero attached hydrogens (tertiary/aromatic N) is 1. The van der Waals surface area contributed by atoms with Crippen molar-refractivity contribution < 1.29 is 14.3 Å². The van der Waals surface area contributed by atoms with Gasteiger partial charge in [0.15, 0.2) is 5.70 Å². The van der Waals surface area contributed by atoms with Crippen molar-refractivity contribution in [1.82, 2.24) is 0 Å². The molecule has 0 saturated heterocycles. The maximum atomic E-state index is 12.0. The van der Waals surface area contributed by atoms with Gasteiger partial charge < -0.3 is 9.47 Å². The van der Waals surface area contributed by atoms with E-state index in [2.05, 4.69) is 20.9 Å². The highest BCUT2D eigenvalue weighted by Crippen LogP contribution is 2.28. The number of halogens is 2. The number of hydrogen-bond donors (Lipinski definition) is 0. The molecular weight excluding hydrogens is 394 g/mol. The molecule has 4 nitrogen and oxygen atoms in total. The summed E-state index contributed by atoms with van der Waals surface area (Å²) in [4.78, 5) is 16.3. The van der Waals surface area contributed by atoms with E-state index in [-0.39, 0.29) is 11.6 Å². The summed E-state index contributed by atoms with van der Waals surface area (Å²) < 4.78 is 11.5. The van der Waals surface area contributed by atoms with E-state index in [9.17, 15) is 4.79 Å². The van der Waals surface area contributed by atoms with Crippen LogP contribution in [-0.4, -0.2) is 18.5 Å². The Balaban J connectivity index is 1.88. The number of ether oxygens (including phenoxy) is 2. The Morgan fingerprint density at radius 3 is 2.67 bits per heavy atom. The molecule has 0 amide bonds. The summed E-state index contributed by atoms with van der Waals surface area (Å²) in [6, 6.07) is 12.5. The van der Waals surface area contributed by atoms with Gasteiger partial charge in [-0.3, -0.25) is 0 Å². The van der Waals surface area contributed by atoms with Crippen LogP contribution in [0.1, 0.15) is 18.1 Å². The Labute approximate surface area is 152 Å². The van der Waals surface area contributed by atoms with Crippen LogP contribution in [0.4, 0.5) is 0 Å². The zero-order valence-electron chi connectivity index (χ0n) is 12.8. The predicted octanol–water partition coefficient (Wildman–Crippen LogP) is 4.85. The Bertz CT molecular complexity index is 844. The van der Waals surface area contributed by atoms with Gasteiger partial charge in [-0.2, -0.15) is 0 Å². The Morgan fingerprint density at radius 1 is 1.25 bits per heavy atom. The molecule has 0 atom stereocenters. The first-order chi connectivity index (χ1) is 11.6. The summed E-state index contributed by atoms with van der Waals surface area (Å²) in [7, 11) is 0. The minimum Gasteiger partial charge on any atom is -0.493 e.